The molecule has 0 spiro atoms. The number of amides is 1. The van der Waals surface area contributed by atoms with Crippen molar-refractivity contribution in [1.29, 1.82) is 0 Å². The fourth-order valence-electron chi connectivity index (χ4n) is 1.38. The highest BCUT2D eigenvalue weighted by Gasteiger charge is 2.27. The van der Waals surface area contributed by atoms with Crippen LogP contribution in [0.2, 0.25) is 0 Å². The van der Waals surface area contributed by atoms with Crippen LogP contribution in [0.1, 0.15) is 26.3 Å². The molecular weight excluding hydrogens is 216 g/mol. The third kappa shape index (κ3) is 3.54. The predicted octanol–water partition coefficient (Wildman–Crippen LogP) is 1.49. The smallest absolute Gasteiger partial charge is 0.241 e. The first-order chi connectivity index (χ1) is 7.86. The molecule has 4 N–H and O–H groups in total. The number of anilines is 1. The van der Waals surface area contributed by atoms with Crippen LogP contribution in [0.4, 0.5) is 5.69 Å². The number of carbonyl (C=O) groups excluding carboxylic acids is 1. The minimum absolute atomic E-state index is 0.110. The molecule has 4 nitrogen and oxygen atoms in total. The summed E-state index contributed by atoms with van der Waals surface area (Å²) in [6.45, 7) is 5.63. The summed E-state index contributed by atoms with van der Waals surface area (Å²) in [6.07, 6.45) is 0. The fourth-order valence-corrected chi connectivity index (χ4v) is 1.38. The van der Waals surface area contributed by atoms with E-state index in [1.54, 1.807) is 18.2 Å². The van der Waals surface area contributed by atoms with Gasteiger partial charge in [-0.25, -0.2) is 0 Å². The fraction of sp³-hybridized carbons (Fsp3) is 0.462. The van der Waals surface area contributed by atoms with Crippen molar-refractivity contribution < 1.29 is 9.90 Å². The maximum absolute atomic E-state index is 11.9. The van der Waals surface area contributed by atoms with Crippen molar-refractivity contribution in [3.63, 3.8) is 0 Å². The zero-order chi connectivity index (χ0) is 13.1. The first-order valence-electron chi connectivity index (χ1n) is 5.61. The summed E-state index contributed by atoms with van der Waals surface area (Å²) in [7, 11) is 0. The molecule has 1 rings (SSSR count). The van der Waals surface area contributed by atoms with Crippen molar-refractivity contribution in [2.45, 2.75) is 33.4 Å². The van der Waals surface area contributed by atoms with Gasteiger partial charge < -0.3 is 16.2 Å². The molecule has 0 aliphatic heterocycles. The number of aliphatic hydroxyl groups is 1. The van der Waals surface area contributed by atoms with E-state index in [1.165, 1.54) is 0 Å². The molecule has 4 heteroatoms. The van der Waals surface area contributed by atoms with Crippen LogP contribution in [-0.2, 0) is 11.4 Å². The lowest BCUT2D eigenvalue weighted by atomic mass is 9.87. The van der Waals surface area contributed by atoms with Gasteiger partial charge in [-0.1, -0.05) is 39.0 Å². The molecule has 1 amide bonds. The van der Waals surface area contributed by atoms with Crippen LogP contribution < -0.4 is 11.1 Å². The minimum Gasteiger partial charge on any atom is -0.392 e. The third-order valence-electron chi connectivity index (χ3n) is 2.66. The van der Waals surface area contributed by atoms with Crippen molar-refractivity contribution >= 4 is 11.6 Å². The number of rotatable bonds is 3. The quantitative estimate of drug-likeness (QED) is 0.744. The van der Waals surface area contributed by atoms with Crippen molar-refractivity contribution in [2.24, 2.45) is 11.1 Å². The van der Waals surface area contributed by atoms with Gasteiger partial charge in [-0.3, -0.25) is 4.79 Å². The van der Waals surface area contributed by atoms with Gasteiger partial charge in [0.2, 0.25) is 5.91 Å². The predicted molar refractivity (Wildman–Crippen MR) is 68.4 cm³/mol. The van der Waals surface area contributed by atoms with E-state index in [9.17, 15) is 4.79 Å². The molecule has 0 saturated heterocycles. The number of carbonyl (C=O) groups is 1. The van der Waals surface area contributed by atoms with Gasteiger partial charge in [0, 0.05) is 11.3 Å². The van der Waals surface area contributed by atoms with Crippen molar-refractivity contribution in [2.75, 3.05) is 5.32 Å². The SMILES string of the molecule is CC(C)(C)[C@@H](N)C(=O)Nc1ccccc1CO. The van der Waals surface area contributed by atoms with E-state index in [0.717, 1.165) is 0 Å². The van der Waals surface area contributed by atoms with E-state index in [4.69, 9.17) is 10.8 Å². The summed E-state index contributed by atoms with van der Waals surface area (Å²) in [6, 6.07) is 6.54. The number of para-hydroxylation sites is 1. The van der Waals surface area contributed by atoms with Gasteiger partial charge in [0.05, 0.1) is 12.6 Å². The Morgan fingerprint density at radius 1 is 1.41 bits per heavy atom. The maximum Gasteiger partial charge on any atom is 0.241 e. The Balaban J connectivity index is 2.81. The molecule has 0 bridgehead atoms. The van der Waals surface area contributed by atoms with Crippen LogP contribution in [0.5, 0.6) is 0 Å². The van der Waals surface area contributed by atoms with Crippen LogP contribution in [0.3, 0.4) is 0 Å². The lowest BCUT2D eigenvalue weighted by Crippen LogP contribution is -2.45. The molecule has 0 radical (unpaired) electrons. The average Bonchev–Trinajstić information content (AvgIpc) is 2.27. The van der Waals surface area contributed by atoms with Gasteiger partial charge in [0.1, 0.15) is 0 Å². The van der Waals surface area contributed by atoms with E-state index in [-0.39, 0.29) is 17.9 Å². The first-order valence-corrected chi connectivity index (χ1v) is 5.61. The summed E-state index contributed by atoms with van der Waals surface area (Å²) in [5.74, 6) is -0.238. The van der Waals surface area contributed by atoms with Gasteiger partial charge in [0.25, 0.3) is 0 Å². The highest BCUT2D eigenvalue weighted by Crippen LogP contribution is 2.20. The van der Waals surface area contributed by atoms with E-state index in [0.29, 0.717) is 11.3 Å². The molecule has 17 heavy (non-hydrogen) atoms. The topological polar surface area (TPSA) is 75.4 Å². The van der Waals surface area contributed by atoms with Gasteiger partial charge in [-0.15, -0.1) is 0 Å². The van der Waals surface area contributed by atoms with E-state index < -0.39 is 6.04 Å². The van der Waals surface area contributed by atoms with Crippen molar-refractivity contribution in [1.82, 2.24) is 0 Å². The van der Waals surface area contributed by atoms with Crippen LogP contribution in [-0.4, -0.2) is 17.1 Å². The van der Waals surface area contributed by atoms with Gasteiger partial charge >= 0.3 is 0 Å². The average molecular weight is 236 g/mol. The molecule has 1 aromatic carbocycles. The lowest BCUT2D eigenvalue weighted by Gasteiger charge is -2.26. The molecule has 1 atom stereocenters. The lowest BCUT2D eigenvalue weighted by molar-refractivity contribution is -0.119. The summed E-state index contributed by atoms with van der Waals surface area (Å²) in [4.78, 5) is 11.9. The number of hydrogen-bond acceptors (Lipinski definition) is 3. The number of aliphatic hydroxyl groups excluding tert-OH is 1. The Bertz CT molecular complexity index is 397. The number of nitrogens with one attached hydrogen (secondary N) is 1. The Labute approximate surface area is 102 Å². The summed E-state index contributed by atoms with van der Waals surface area (Å²) in [5, 5.41) is 11.9. The summed E-state index contributed by atoms with van der Waals surface area (Å²) < 4.78 is 0. The number of hydrogen-bond donors (Lipinski definition) is 3. The monoisotopic (exact) mass is 236 g/mol. The van der Waals surface area contributed by atoms with Gasteiger partial charge in [-0.05, 0) is 11.5 Å². The zero-order valence-electron chi connectivity index (χ0n) is 10.5. The van der Waals surface area contributed by atoms with Crippen molar-refractivity contribution in [3.8, 4) is 0 Å². The highest BCUT2D eigenvalue weighted by molar-refractivity contribution is 5.95. The summed E-state index contributed by atoms with van der Waals surface area (Å²) >= 11 is 0. The minimum atomic E-state index is -0.589. The molecule has 0 unspecified atom stereocenters. The van der Waals surface area contributed by atoms with Crippen molar-refractivity contribution in [3.05, 3.63) is 29.8 Å². The Hall–Kier alpha value is -1.39. The molecule has 0 aromatic heterocycles. The first kappa shape index (κ1) is 13.7. The normalized spacial score (nSPS) is 13.2. The Kier molecular flexibility index (Phi) is 4.26. The molecule has 0 fully saturated rings. The van der Waals surface area contributed by atoms with Gasteiger partial charge in [-0.2, -0.15) is 0 Å². The Morgan fingerprint density at radius 2 is 2.00 bits per heavy atom. The standard InChI is InChI=1S/C13H20N2O2/c1-13(2,3)11(14)12(17)15-10-7-5-4-6-9(10)8-16/h4-7,11,16H,8,14H2,1-3H3,(H,15,17)/t11-/m0/s1. The maximum atomic E-state index is 11.9. The Morgan fingerprint density at radius 3 is 2.53 bits per heavy atom. The van der Waals surface area contributed by atoms with E-state index in [2.05, 4.69) is 5.32 Å². The largest absolute Gasteiger partial charge is 0.392 e. The second-order valence-electron chi connectivity index (χ2n) is 5.15. The van der Waals surface area contributed by atoms with E-state index >= 15 is 0 Å². The van der Waals surface area contributed by atoms with Crippen LogP contribution in [0, 0.1) is 5.41 Å². The summed E-state index contributed by atoms with van der Waals surface area (Å²) in [5.41, 5.74) is 6.86. The number of benzene rings is 1. The van der Waals surface area contributed by atoms with Crippen LogP contribution >= 0.6 is 0 Å². The third-order valence-corrected chi connectivity index (χ3v) is 2.66. The second kappa shape index (κ2) is 5.29. The van der Waals surface area contributed by atoms with E-state index in [1.807, 2.05) is 26.8 Å². The van der Waals surface area contributed by atoms with Crippen LogP contribution in [0.25, 0.3) is 0 Å². The zero-order valence-corrected chi connectivity index (χ0v) is 10.5. The second-order valence-corrected chi connectivity index (χ2v) is 5.15. The van der Waals surface area contributed by atoms with Crippen LogP contribution in [0.15, 0.2) is 24.3 Å². The number of nitrogens with two attached hydrogens (primary N) is 1. The molecule has 94 valence electrons. The molecular formula is C13H20N2O2. The highest BCUT2D eigenvalue weighted by atomic mass is 16.3. The molecule has 0 aliphatic carbocycles. The molecule has 0 saturated carbocycles. The molecule has 0 aliphatic rings. The molecule has 0 heterocycles. The van der Waals surface area contributed by atoms with Gasteiger partial charge in [0.15, 0.2) is 0 Å². The molecule has 1 aromatic rings.